The number of aryl methyl sites for hydroxylation is 1. The summed E-state index contributed by atoms with van der Waals surface area (Å²) >= 11 is 6.01. The van der Waals surface area contributed by atoms with Crippen LogP contribution in [-0.2, 0) is 4.79 Å². The Morgan fingerprint density at radius 2 is 1.89 bits per heavy atom. The van der Waals surface area contributed by atoms with Gasteiger partial charge >= 0.3 is 0 Å². The van der Waals surface area contributed by atoms with Crippen molar-refractivity contribution in [3.63, 3.8) is 0 Å². The third kappa shape index (κ3) is 3.58. The van der Waals surface area contributed by atoms with E-state index in [1.165, 1.54) is 0 Å². The Bertz CT molecular complexity index is 1030. The van der Waals surface area contributed by atoms with Crippen molar-refractivity contribution >= 4 is 34.1 Å². The first-order valence-corrected chi connectivity index (χ1v) is 8.96. The number of hydrogen-bond acceptors (Lipinski definition) is 3. The van der Waals surface area contributed by atoms with Crippen molar-refractivity contribution in [2.75, 3.05) is 21.2 Å². The van der Waals surface area contributed by atoms with Gasteiger partial charge in [0.1, 0.15) is 11.3 Å². The number of benzene rings is 2. The lowest BCUT2D eigenvalue weighted by atomic mass is 9.96. The van der Waals surface area contributed by atoms with Crippen LogP contribution in [0.15, 0.2) is 47.1 Å². The molecule has 27 heavy (non-hydrogen) atoms. The normalized spacial score (nSPS) is 11.7. The van der Waals surface area contributed by atoms with Gasteiger partial charge in [-0.2, -0.15) is 0 Å². The Kier molecular flexibility index (Phi) is 5.29. The van der Waals surface area contributed by atoms with E-state index in [9.17, 15) is 4.79 Å². The molecule has 0 fully saturated rings. The molecule has 0 saturated carbocycles. The van der Waals surface area contributed by atoms with Crippen LogP contribution in [0.3, 0.4) is 0 Å². The maximum absolute atomic E-state index is 12.1. The van der Waals surface area contributed by atoms with Crippen molar-refractivity contribution in [2.45, 2.75) is 13.8 Å². The molecule has 0 saturated heterocycles. The molecule has 2 aromatic carbocycles. The van der Waals surface area contributed by atoms with Crippen LogP contribution in [0.1, 0.15) is 18.1 Å². The van der Waals surface area contributed by atoms with Gasteiger partial charge in [0.25, 0.3) is 0 Å². The average molecular weight is 384 g/mol. The smallest absolute Gasteiger partial charge is 0.246 e. The molecule has 3 rings (SSSR count). The number of nitrogens with zero attached hydrogens (tertiary/aromatic N) is 1. The molecule has 0 bridgehead atoms. The van der Waals surface area contributed by atoms with Crippen molar-refractivity contribution in [2.24, 2.45) is 0 Å². The number of hydrogen-bond donors (Lipinski definition) is 0. The number of carbonyl (C=O) groups is 1. The van der Waals surface area contributed by atoms with E-state index in [4.69, 9.17) is 20.8 Å². The van der Waals surface area contributed by atoms with Crippen LogP contribution in [0.25, 0.3) is 27.7 Å². The maximum atomic E-state index is 12.1. The lowest BCUT2D eigenvalue weighted by molar-refractivity contribution is -0.123. The van der Waals surface area contributed by atoms with Crippen LogP contribution < -0.4 is 4.74 Å². The summed E-state index contributed by atoms with van der Waals surface area (Å²) in [6, 6.07) is 9.65. The van der Waals surface area contributed by atoms with Gasteiger partial charge in [-0.25, -0.2) is 0 Å². The molecular formula is C22H22ClNO3. The van der Waals surface area contributed by atoms with E-state index < -0.39 is 0 Å². The molecule has 1 amide bonds. The molecule has 0 N–H and O–H groups in total. The van der Waals surface area contributed by atoms with E-state index in [1.807, 2.05) is 44.2 Å². The maximum Gasteiger partial charge on any atom is 0.246 e. The van der Waals surface area contributed by atoms with E-state index in [1.54, 1.807) is 38.4 Å². The fourth-order valence-corrected chi connectivity index (χ4v) is 3.24. The van der Waals surface area contributed by atoms with E-state index in [2.05, 4.69) is 0 Å². The molecule has 0 aliphatic heterocycles. The molecule has 3 aromatic rings. The van der Waals surface area contributed by atoms with Gasteiger partial charge in [0.2, 0.25) is 5.91 Å². The largest absolute Gasteiger partial charge is 0.496 e. The van der Waals surface area contributed by atoms with Gasteiger partial charge in [0, 0.05) is 47.3 Å². The highest BCUT2D eigenvalue weighted by molar-refractivity contribution is 6.30. The van der Waals surface area contributed by atoms with Crippen molar-refractivity contribution in [3.8, 4) is 16.9 Å². The minimum Gasteiger partial charge on any atom is -0.496 e. The third-order valence-corrected chi connectivity index (χ3v) is 4.86. The van der Waals surface area contributed by atoms with Crippen LogP contribution in [0, 0.1) is 6.92 Å². The van der Waals surface area contributed by atoms with Crippen LogP contribution in [0.4, 0.5) is 0 Å². The molecule has 0 spiro atoms. The zero-order valence-corrected chi connectivity index (χ0v) is 16.8. The van der Waals surface area contributed by atoms with Gasteiger partial charge in [-0.1, -0.05) is 23.7 Å². The summed E-state index contributed by atoms with van der Waals surface area (Å²) in [5.74, 6) is 0.636. The summed E-state index contributed by atoms with van der Waals surface area (Å²) in [5.41, 5.74) is 5.36. The fourth-order valence-electron chi connectivity index (χ4n) is 3.12. The summed E-state index contributed by atoms with van der Waals surface area (Å²) in [6.07, 6.45) is 3.36. The van der Waals surface area contributed by atoms with E-state index >= 15 is 0 Å². The Labute approximate surface area is 164 Å². The number of amides is 1. The second kappa shape index (κ2) is 7.49. The Hall–Kier alpha value is -2.72. The van der Waals surface area contributed by atoms with Gasteiger partial charge in [0.05, 0.1) is 13.4 Å². The number of ether oxygens (including phenoxy) is 1. The minimum absolute atomic E-state index is 0.0718. The predicted octanol–water partition coefficient (Wildman–Crippen LogP) is 5.56. The first-order chi connectivity index (χ1) is 12.8. The molecular weight excluding hydrogens is 362 g/mol. The van der Waals surface area contributed by atoms with E-state index in [0.29, 0.717) is 10.8 Å². The Morgan fingerprint density at radius 1 is 1.22 bits per heavy atom. The number of fused-ring (bicyclic) bond motifs is 1. The number of allylic oxidation sites excluding steroid dienone is 1. The van der Waals surface area contributed by atoms with Crippen molar-refractivity contribution < 1.29 is 13.9 Å². The van der Waals surface area contributed by atoms with E-state index in [-0.39, 0.29) is 5.91 Å². The summed E-state index contributed by atoms with van der Waals surface area (Å²) in [7, 11) is 5.08. The highest BCUT2D eigenvalue weighted by Gasteiger charge is 2.19. The SMILES string of the molecule is COc1c(/C(C)=C/C(=O)N(C)C)cc2c(-c3ccc(Cl)cc3)coc2c1C. The van der Waals surface area contributed by atoms with Crippen LogP contribution in [-0.4, -0.2) is 32.0 Å². The molecule has 1 heterocycles. The summed E-state index contributed by atoms with van der Waals surface area (Å²) in [6.45, 7) is 3.87. The zero-order valence-electron chi connectivity index (χ0n) is 16.1. The summed E-state index contributed by atoms with van der Waals surface area (Å²) in [5, 5.41) is 1.65. The lowest BCUT2D eigenvalue weighted by Gasteiger charge is -2.14. The molecule has 4 nitrogen and oxygen atoms in total. The van der Waals surface area contributed by atoms with Gasteiger partial charge in [-0.3, -0.25) is 4.79 Å². The van der Waals surface area contributed by atoms with Crippen molar-refractivity contribution in [3.05, 3.63) is 58.8 Å². The van der Waals surface area contributed by atoms with Crippen LogP contribution >= 0.6 is 11.6 Å². The molecule has 0 aliphatic rings. The highest BCUT2D eigenvalue weighted by Crippen LogP contribution is 2.40. The molecule has 140 valence electrons. The predicted molar refractivity (Wildman–Crippen MR) is 110 cm³/mol. The van der Waals surface area contributed by atoms with Gasteiger partial charge in [0.15, 0.2) is 0 Å². The third-order valence-electron chi connectivity index (χ3n) is 4.61. The standard InChI is InChI=1S/C22H22ClNO3/c1-13(10-20(25)24(3)4)17-11-18-19(15-6-8-16(23)9-7-15)12-27-22(18)14(2)21(17)26-5/h6-12H,1-5H3/b13-10+. The molecule has 0 unspecified atom stereocenters. The molecule has 0 atom stereocenters. The average Bonchev–Trinajstić information content (AvgIpc) is 3.06. The first kappa shape index (κ1) is 19.1. The Morgan fingerprint density at radius 3 is 2.48 bits per heavy atom. The topological polar surface area (TPSA) is 42.7 Å². The summed E-state index contributed by atoms with van der Waals surface area (Å²) < 4.78 is 11.5. The molecule has 0 aliphatic carbocycles. The van der Waals surface area contributed by atoms with Crippen molar-refractivity contribution in [1.29, 1.82) is 0 Å². The molecule has 1 aromatic heterocycles. The zero-order chi connectivity index (χ0) is 19.7. The number of halogens is 1. The monoisotopic (exact) mass is 383 g/mol. The number of rotatable bonds is 4. The lowest BCUT2D eigenvalue weighted by Crippen LogP contribution is -2.19. The van der Waals surface area contributed by atoms with Gasteiger partial charge < -0.3 is 14.1 Å². The van der Waals surface area contributed by atoms with Gasteiger partial charge in [-0.15, -0.1) is 0 Å². The van der Waals surface area contributed by atoms with Crippen LogP contribution in [0.2, 0.25) is 5.02 Å². The first-order valence-electron chi connectivity index (χ1n) is 8.58. The quantitative estimate of drug-likeness (QED) is 0.554. The summed E-state index contributed by atoms with van der Waals surface area (Å²) in [4.78, 5) is 13.7. The highest BCUT2D eigenvalue weighted by atomic mass is 35.5. The molecule has 0 radical (unpaired) electrons. The number of likely N-dealkylation sites (N-methyl/N-ethyl adjacent to an activating group) is 1. The second-order valence-electron chi connectivity index (χ2n) is 6.68. The number of furan rings is 1. The Balaban J connectivity index is 2.23. The fraction of sp³-hybridized carbons (Fsp3) is 0.227. The van der Waals surface area contributed by atoms with E-state index in [0.717, 1.165) is 38.8 Å². The van der Waals surface area contributed by atoms with Gasteiger partial charge in [-0.05, 0) is 43.2 Å². The molecule has 5 heteroatoms. The number of methoxy groups -OCH3 is 1. The second-order valence-corrected chi connectivity index (χ2v) is 7.11. The van der Waals surface area contributed by atoms with Crippen molar-refractivity contribution in [1.82, 2.24) is 4.90 Å². The number of carbonyl (C=O) groups excluding carboxylic acids is 1. The minimum atomic E-state index is -0.0718. The van der Waals surface area contributed by atoms with Crippen LogP contribution in [0.5, 0.6) is 5.75 Å².